The highest BCUT2D eigenvalue weighted by Gasteiger charge is 2.33. The van der Waals surface area contributed by atoms with Crippen molar-refractivity contribution in [2.24, 2.45) is 5.92 Å². The lowest BCUT2D eigenvalue weighted by atomic mass is 10.0. The van der Waals surface area contributed by atoms with E-state index in [2.05, 4.69) is 6.92 Å². The average molecular weight is 333 g/mol. The Bertz CT molecular complexity index is 648. The highest BCUT2D eigenvalue weighted by atomic mass is 35.5. The molecule has 0 aromatic heterocycles. The van der Waals surface area contributed by atoms with Crippen molar-refractivity contribution < 1.29 is 13.3 Å². The number of hydrogen-bond acceptors (Lipinski definition) is 4. The summed E-state index contributed by atoms with van der Waals surface area (Å²) in [5.74, 6) is 0.368. The molecule has 8 heteroatoms. The third kappa shape index (κ3) is 3.36. The van der Waals surface area contributed by atoms with Gasteiger partial charge in [-0.1, -0.05) is 24.9 Å². The van der Waals surface area contributed by atoms with Gasteiger partial charge in [0.15, 0.2) is 0 Å². The lowest BCUT2D eigenvalue weighted by Gasteiger charge is -2.16. The van der Waals surface area contributed by atoms with Crippen LogP contribution < -0.4 is 0 Å². The van der Waals surface area contributed by atoms with Crippen LogP contribution in [0.5, 0.6) is 0 Å². The lowest BCUT2D eigenvalue weighted by Crippen LogP contribution is -2.29. The van der Waals surface area contributed by atoms with E-state index in [-0.39, 0.29) is 15.6 Å². The molecular weight excluding hydrogens is 316 g/mol. The molecule has 0 bridgehead atoms. The van der Waals surface area contributed by atoms with Gasteiger partial charge in [0.1, 0.15) is 5.02 Å². The number of sulfonamides is 1. The molecule has 1 fully saturated rings. The summed E-state index contributed by atoms with van der Waals surface area (Å²) in [6.07, 6.45) is 2.85. The highest BCUT2D eigenvalue weighted by Crippen LogP contribution is 2.31. The third-order valence-corrected chi connectivity index (χ3v) is 5.88. The topological polar surface area (TPSA) is 80.5 Å². The van der Waals surface area contributed by atoms with Crippen LogP contribution >= 0.6 is 11.6 Å². The van der Waals surface area contributed by atoms with Crippen LogP contribution in [0, 0.1) is 16.0 Å². The number of hydrogen-bond donors (Lipinski definition) is 0. The van der Waals surface area contributed by atoms with Gasteiger partial charge in [0.2, 0.25) is 10.0 Å². The standard InChI is InChI=1S/C13H17ClN2O4S/c1-2-3-10-6-7-15(9-10)21(19,20)11-4-5-12(14)13(8-11)16(17)18/h4-5,8,10H,2-3,6-7,9H2,1H3. The monoisotopic (exact) mass is 332 g/mol. The van der Waals surface area contributed by atoms with Crippen LogP contribution in [0.2, 0.25) is 5.02 Å². The number of nitro groups is 1. The molecule has 1 aliphatic heterocycles. The van der Waals surface area contributed by atoms with Gasteiger partial charge in [-0.25, -0.2) is 8.42 Å². The average Bonchev–Trinajstić information content (AvgIpc) is 2.88. The fraction of sp³-hybridized carbons (Fsp3) is 0.538. The first kappa shape index (κ1) is 16.2. The minimum atomic E-state index is -3.69. The van der Waals surface area contributed by atoms with E-state index < -0.39 is 14.9 Å². The molecule has 0 radical (unpaired) electrons. The largest absolute Gasteiger partial charge is 0.289 e. The first-order valence-electron chi connectivity index (χ1n) is 6.80. The molecule has 116 valence electrons. The van der Waals surface area contributed by atoms with Gasteiger partial charge in [-0.15, -0.1) is 0 Å². The van der Waals surface area contributed by atoms with Crippen molar-refractivity contribution in [2.75, 3.05) is 13.1 Å². The van der Waals surface area contributed by atoms with Crippen molar-refractivity contribution in [2.45, 2.75) is 31.1 Å². The van der Waals surface area contributed by atoms with E-state index in [1.165, 1.54) is 16.4 Å². The zero-order valence-electron chi connectivity index (χ0n) is 11.7. The highest BCUT2D eigenvalue weighted by molar-refractivity contribution is 7.89. The summed E-state index contributed by atoms with van der Waals surface area (Å²) < 4.78 is 26.5. The SMILES string of the molecule is CCCC1CCN(S(=O)(=O)c2ccc(Cl)c([N+](=O)[O-])c2)C1. The van der Waals surface area contributed by atoms with Gasteiger partial charge in [-0.2, -0.15) is 4.31 Å². The zero-order valence-corrected chi connectivity index (χ0v) is 13.2. The number of rotatable bonds is 5. The Balaban J connectivity index is 2.28. The lowest BCUT2D eigenvalue weighted by molar-refractivity contribution is -0.384. The normalized spacial score (nSPS) is 19.8. The summed E-state index contributed by atoms with van der Waals surface area (Å²) in [4.78, 5) is 10.1. The summed E-state index contributed by atoms with van der Waals surface area (Å²) in [5.41, 5.74) is -0.387. The quantitative estimate of drug-likeness (QED) is 0.613. The molecule has 1 aromatic rings. The molecule has 0 amide bonds. The molecule has 0 saturated carbocycles. The Morgan fingerprint density at radius 1 is 1.48 bits per heavy atom. The van der Waals surface area contributed by atoms with Crippen LogP contribution in [0.15, 0.2) is 23.1 Å². The van der Waals surface area contributed by atoms with Gasteiger partial charge in [-0.05, 0) is 30.9 Å². The van der Waals surface area contributed by atoms with E-state index in [1.54, 1.807) is 0 Å². The summed E-state index contributed by atoms with van der Waals surface area (Å²) in [7, 11) is -3.69. The van der Waals surface area contributed by atoms with Crippen molar-refractivity contribution in [3.8, 4) is 0 Å². The van der Waals surface area contributed by atoms with Crippen LogP contribution in [0.1, 0.15) is 26.2 Å². The van der Waals surface area contributed by atoms with Crippen molar-refractivity contribution in [3.63, 3.8) is 0 Å². The van der Waals surface area contributed by atoms with Crippen molar-refractivity contribution in [3.05, 3.63) is 33.3 Å². The molecule has 21 heavy (non-hydrogen) atoms. The molecule has 0 aliphatic carbocycles. The Hall–Kier alpha value is -1.18. The van der Waals surface area contributed by atoms with Gasteiger partial charge in [0.25, 0.3) is 5.69 Å². The molecule has 1 aliphatic rings. The van der Waals surface area contributed by atoms with Gasteiger partial charge in [0, 0.05) is 19.2 Å². The molecule has 1 heterocycles. The molecule has 1 aromatic carbocycles. The van der Waals surface area contributed by atoms with Gasteiger partial charge < -0.3 is 0 Å². The van der Waals surface area contributed by atoms with Crippen molar-refractivity contribution in [1.29, 1.82) is 0 Å². The van der Waals surface area contributed by atoms with E-state index in [1.807, 2.05) is 0 Å². The second-order valence-electron chi connectivity index (χ2n) is 5.18. The van der Waals surface area contributed by atoms with E-state index in [9.17, 15) is 18.5 Å². The summed E-state index contributed by atoms with van der Waals surface area (Å²) in [5, 5.41) is 10.8. The Labute approximate surface area is 128 Å². The molecule has 1 saturated heterocycles. The maximum atomic E-state index is 12.5. The van der Waals surface area contributed by atoms with E-state index >= 15 is 0 Å². The molecule has 6 nitrogen and oxygen atoms in total. The van der Waals surface area contributed by atoms with E-state index in [0.717, 1.165) is 25.3 Å². The first-order chi connectivity index (χ1) is 9.86. The summed E-state index contributed by atoms with van der Waals surface area (Å²) >= 11 is 5.72. The predicted molar refractivity (Wildman–Crippen MR) is 79.9 cm³/mol. The van der Waals surface area contributed by atoms with Gasteiger partial charge in [0.05, 0.1) is 9.82 Å². The van der Waals surface area contributed by atoms with Gasteiger partial charge >= 0.3 is 0 Å². The summed E-state index contributed by atoms with van der Waals surface area (Å²) in [6, 6.07) is 3.61. The number of benzene rings is 1. The first-order valence-corrected chi connectivity index (χ1v) is 8.62. The van der Waals surface area contributed by atoms with Crippen LogP contribution in [0.4, 0.5) is 5.69 Å². The smallest absolute Gasteiger partial charge is 0.258 e. The zero-order chi connectivity index (χ0) is 15.6. The van der Waals surface area contributed by atoms with Crippen molar-refractivity contribution >= 4 is 27.3 Å². The maximum Gasteiger partial charge on any atom is 0.289 e. The Morgan fingerprint density at radius 2 is 2.19 bits per heavy atom. The predicted octanol–water partition coefficient (Wildman–Crippen LogP) is 3.06. The van der Waals surface area contributed by atoms with Gasteiger partial charge in [-0.3, -0.25) is 10.1 Å². The summed E-state index contributed by atoms with van der Waals surface area (Å²) in [6.45, 7) is 3.01. The van der Waals surface area contributed by atoms with Crippen LogP contribution in [0.3, 0.4) is 0 Å². The molecular formula is C13H17ClN2O4S. The molecule has 2 rings (SSSR count). The second kappa shape index (κ2) is 6.29. The molecule has 1 atom stereocenters. The third-order valence-electron chi connectivity index (χ3n) is 3.70. The van der Waals surface area contributed by atoms with E-state index in [4.69, 9.17) is 11.6 Å². The molecule has 0 spiro atoms. The van der Waals surface area contributed by atoms with E-state index in [0.29, 0.717) is 19.0 Å². The fourth-order valence-corrected chi connectivity index (χ4v) is 4.34. The fourth-order valence-electron chi connectivity index (χ4n) is 2.60. The molecule has 1 unspecified atom stereocenters. The number of halogens is 1. The minimum Gasteiger partial charge on any atom is -0.258 e. The van der Waals surface area contributed by atoms with Crippen LogP contribution in [-0.4, -0.2) is 30.7 Å². The minimum absolute atomic E-state index is 0.0655. The molecule has 0 N–H and O–H groups in total. The maximum absolute atomic E-state index is 12.5. The Morgan fingerprint density at radius 3 is 2.81 bits per heavy atom. The van der Waals surface area contributed by atoms with Crippen LogP contribution in [-0.2, 0) is 10.0 Å². The second-order valence-corrected chi connectivity index (χ2v) is 7.52. The van der Waals surface area contributed by atoms with Crippen LogP contribution in [0.25, 0.3) is 0 Å². The number of nitro benzene ring substituents is 1. The Kier molecular flexibility index (Phi) is 4.85. The van der Waals surface area contributed by atoms with Crippen molar-refractivity contribution in [1.82, 2.24) is 4.31 Å². The number of nitrogens with zero attached hydrogens (tertiary/aromatic N) is 2.